The highest BCUT2D eigenvalue weighted by Gasteiger charge is 2.23. The second-order valence-corrected chi connectivity index (χ2v) is 5.70. The van der Waals surface area contributed by atoms with Crippen LogP contribution in [0.1, 0.15) is 33.2 Å². The van der Waals surface area contributed by atoms with Gasteiger partial charge in [-0.1, -0.05) is 12.1 Å². The molecular weight excluding hydrogens is 359 g/mol. The van der Waals surface area contributed by atoms with Gasteiger partial charge in [0.2, 0.25) is 5.56 Å². The Morgan fingerprint density at radius 1 is 1.15 bits per heavy atom. The zero-order valence-electron chi connectivity index (χ0n) is 13.9. The van der Waals surface area contributed by atoms with Crippen molar-refractivity contribution in [3.8, 4) is 0 Å². The monoisotopic (exact) mass is 373 g/mol. The molecule has 1 atom stereocenters. The van der Waals surface area contributed by atoms with Gasteiger partial charge in [0.25, 0.3) is 5.91 Å². The van der Waals surface area contributed by atoms with Gasteiger partial charge in [0, 0.05) is 24.0 Å². The second kappa shape index (κ2) is 7.86. The van der Waals surface area contributed by atoms with Crippen molar-refractivity contribution in [2.45, 2.75) is 12.7 Å². The fraction of sp³-hybridized carbons (Fsp3) is 0.105. The molecule has 0 unspecified atom stereocenters. The summed E-state index contributed by atoms with van der Waals surface area (Å²) in [7, 11) is 0. The highest BCUT2D eigenvalue weighted by molar-refractivity contribution is 5.94. The minimum absolute atomic E-state index is 0.122. The average Bonchev–Trinajstić information content (AvgIpc) is 2.67. The summed E-state index contributed by atoms with van der Waals surface area (Å²) in [5.74, 6) is -2.13. The predicted octanol–water partition coefficient (Wildman–Crippen LogP) is 3.04. The number of nitrogens with zero attached hydrogens (tertiary/aromatic N) is 1. The van der Waals surface area contributed by atoms with Crippen LogP contribution in [0.5, 0.6) is 0 Å². The normalized spacial score (nSPS) is 11.8. The van der Waals surface area contributed by atoms with Crippen LogP contribution in [-0.4, -0.2) is 15.9 Å². The molecule has 0 aliphatic carbocycles. The van der Waals surface area contributed by atoms with E-state index in [1.807, 2.05) is 0 Å². The van der Waals surface area contributed by atoms with E-state index >= 15 is 0 Å². The summed E-state index contributed by atoms with van der Waals surface area (Å²) in [6, 6.07) is 7.54. The number of halogens is 3. The number of aromatic amines is 1. The lowest BCUT2D eigenvalue weighted by Gasteiger charge is -2.20. The zero-order valence-corrected chi connectivity index (χ0v) is 13.9. The molecule has 0 radical (unpaired) electrons. The summed E-state index contributed by atoms with van der Waals surface area (Å²) in [6.45, 7) is -0.988. The molecule has 138 valence electrons. The number of aromatic nitrogens is 2. The molecule has 3 aromatic rings. The SMILES string of the molecule is O=C(N[C@@H](c1ccc(CF)c(F)c1)c1ncccc1F)c1ccc(=O)[nH]c1. The van der Waals surface area contributed by atoms with Crippen molar-refractivity contribution >= 4 is 5.91 Å². The van der Waals surface area contributed by atoms with Gasteiger partial charge in [0.15, 0.2) is 0 Å². The topological polar surface area (TPSA) is 74.8 Å². The van der Waals surface area contributed by atoms with Crippen molar-refractivity contribution in [3.05, 3.63) is 99.2 Å². The minimum atomic E-state index is -1.12. The molecule has 1 aromatic carbocycles. The van der Waals surface area contributed by atoms with E-state index in [0.29, 0.717) is 0 Å². The summed E-state index contributed by atoms with van der Waals surface area (Å²) in [5, 5.41) is 2.57. The van der Waals surface area contributed by atoms with Crippen LogP contribution in [0.15, 0.2) is 59.7 Å². The van der Waals surface area contributed by atoms with Gasteiger partial charge in [-0.15, -0.1) is 0 Å². The maximum Gasteiger partial charge on any atom is 0.253 e. The van der Waals surface area contributed by atoms with Crippen molar-refractivity contribution < 1.29 is 18.0 Å². The lowest BCUT2D eigenvalue weighted by Crippen LogP contribution is -2.31. The van der Waals surface area contributed by atoms with Crippen LogP contribution in [-0.2, 0) is 6.67 Å². The molecule has 2 aromatic heterocycles. The first-order valence-corrected chi connectivity index (χ1v) is 7.94. The smallest absolute Gasteiger partial charge is 0.253 e. The van der Waals surface area contributed by atoms with E-state index in [0.717, 1.165) is 12.1 Å². The van der Waals surface area contributed by atoms with Gasteiger partial charge >= 0.3 is 0 Å². The maximum atomic E-state index is 14.3. The fourth-order valence-corrected chi connectivity index (χ4v) is 2.54. The van der Waals surface area contributed by atoms with Crippen LogP contribution >= 0.6 is 0 Å². The quantitative estimate of drug-likeness (QED) is 0.722. The number of pyridine rings is 2. The van der Waals surface area contributed by atoms with E-state index in [2.05, 4.69) is 15.3 Å². The van der Waals surface area contributed by atoms with Crippen LogP contribution in [0.25, 0.3) is 0 Å². The Hall–Kier alpha value is -3.42. The first-order valence-electron chi connectivity index (χ1n) is 7.94. The molecule has 8 heteroatoms. The Kier molecular flexibility index (Phi) is 5.35. The number of hydrogen-bond acceptors (Lipinski definition) is 3. The maximum absolute atomic E-state index is 14.3. The standard InChI is InChI=1S/C19H14F3N3O2/c20-9-12-4-3-11(8-15(12)22)17(18-14(21)2-1-7-23-18)25-19(27)13-5-6-16(26)24-10-13/h1-8,10,17H,9H2,(H,24,26)(H,25,27)/t17-/m0/s1. The summed E-state index contributed by atoms with van der Waals surface area (Å²) >= 11 is 0. The number of nitrogens with one attached hydrogen (secondary N) is 2. The largest absolute Gasteiger partial charge is 0.339 e. The molecule has 0 bridgehead atoms. The Morgan fingerprint density at radius 3 is 2.59 bits per heavy atom. The van der Waals surface area contributed by atoms with Gasteiger partial charge in [-0.3, -0.25) is 14.6 Å². The van der Waals surface area contributed by atoms with Crippen molar-refractivity contribution in [2.24, 2.45) is 0 Å². The summed E-state index contributed by atoms with van der Waals surface area (Å²) < 4.78 is 41.0. The van der Waals surface area contributed by atoms with E-state index in [9.17, 15) is 22.8 Å². The Balaban J connectivity index is 2.01. The zero-order chi connectivity index (χ0) is 19.4. The summed E-state index contributed by atoms with van der Waals surface area (Å²) in [5.41, 5.74) is -0.340. The molecule has 0 aliphatic rings. The van der Waals surface area contributed by atoms with Crippen LogP contribution < -0.4 is 10.9 Å². The van der Waals surface area contributed by atoms with Gasteiger partial charge in [-0.05, 0) is 29.8 Å². The van der Waals surface area contributed by atoms with Crippen LogP contribution in [0.3, 0.4) is 0 Å². The lowest BCUT2D eigenvalue weighted by atomic mass is 10.00. The minimum Gasteiger partial charge on any atom is -0.339 e. The van der Waals surface area contributed by atoms with Gasteiger partial charge in [-0.25, -0.2) is 13.2 Å². The highest BCUT2D eigenvalue weighted by Crippen LogP contribution is 2.25. The van der Waals surface area contributed by atoms with Gasteiger partial charge < -0.3 is 10.3 Å². The number of alkyl halides is 1. The first-order chi connectivity index (χ1) is 13.0. The van der Waals surface area contributed by atoms with Crippen molar-refractivity contribution in [3.63, 3.8) is 0 Å². The third-order valence-electron chi connectivity index (χ3n) is 3.94. The Labute approximate surface area is 151 Å². The fourth-order valence-electron chi connectivity index (χ4n) is 2.54. The predicted molar refractivity (Wildman–Crippen MR) is 91.8 cm³/mol. The summed E-state index contributed by atoms with van der Waals surface area (Å²) in [6.07, 6.45) is 2.54. The van der Waals surface area contributed by atoms with Crippen molar-refractivity contribution in [1.29, 1.82) is 0 Å². The number of hydrogen-bond donors (Lipinski definition) is 2. The third-order valence-corrected chi connectivity index (χ3v) is 3.94. The van der Waals surface area contributed by atoms with E-state index in [4.69, 9.17) is 0 Å². The van der Waals surface area contributed by atoms with Gasteiger partial charge in [0.1, 0.15) is 24.0 Å². The van der Waals surface area contributed by atoms with E-state index in [1.54, 1.807) is 0 Å². The molecule has 2 heterocycles. The van der Waals surface area contributed by atoms with Gasteiger partial charge in [0.05, 0.1) is 11.6 Å². The lowest BCUT2D eigenvalue weighted by molar-refractivity contribution is 0.0941. The van der Waals surface area contributed by atoms with Crippen molar-refractivity contribution in [1.82, 2.24) is 15.3 Å². The van der Waals surface area contributed by atoms with E-state index in [1.165, 1.54) is 42.7 Å². The van der Waals surface area contributed by atoms with E-state index < -0.39 is 30.3 Å². The number of amides is 1. The molecule has 0 fully saturated rings. The Morgan fingerprint density at radius 2 is 1.96 bits per heavy atom. The molecular formula is C19H14F3N3O2. The highest BCUT2D eigenvalue weighted by atomic mass is 19.1. The molecule has 27 heavy (non-hydrogen) atoms. The van der Waals surface area contributed by atoms with Crippen molar-refractivity contribution in [2.75, 3.05) is 0 Å². The summed E-state index contributed by atoms with van der Waals surface area (Å²) in [4.78, 5) is 29.9. The number of rotatable bonds is 5. The molecule has 0 saturated carbocycles. The molecule has 5 nitrogen and oxygen atoms in total. The van der Waals surface area contributed by atoms with Crippen LogP contribution in [0, 0.1) is 11.6 Å². The number of H-pyrrole nitrogens is 1. The number of carbonyl (C=O) groups is 1. The third kappa shape index (κ3) is 4.05. The Bertz CT molecular complexity index is 1020. The molecule has 0 saturated heterocycles. The molecule has 2 N–H and O–H groups in total. The van der Waals surface area contributed by atoms with E-state index in [-0.39, 0.29) is 27.9 Å². The second-order valence-electron chi connectivity index (χ2n) is 5.70. The van der Waals surface area contributed by atoms with Gasteiger partial charge in [-0.2, -0.15) is 0 Å². The molecule has 0 aliphatic heterocycles. The molecule has 0 spiro atoms. The molecule has 3 rings (SSSR count). The first kappa shape index (κ1) is 18.4. The average molecular weight is 373 g/mol. The number of benzene rings is 1. The van der Waals surface area contributed by atoms with Crippen LogP contribution in [0.4, 0.5) is 13.2 Å². The van der Waals surface area contributed by atoms with Crippen LogP contribution in [0.2, 0.25) is 0 Å². The number of carbonyl (C=O) groups excluding carboxylic acids is 1. The molecule has 1 amide bonds.